The maximum atomic E-state index is 12.9. The lowest BCUT2D eigenvalue weighted by atomic mass is 9.92. The van der Waals surface area contributed by atoms with Gasteiger partial charge >= 0.3 is 0 Å². The summed E-state index contributed by atoms with van der Waals surface area (Å²) in [5, 5.41) is 10.9. The molecule has 7 heteroatoms. The molecule has 0 saturated carbocycles. The number of anilines is 1. The number of hydrogen-bond acceptors (Lipinski definition) is 4. The number of hydrogen-bond donors (Lipinski definition) is 1. The third-order valence-electron chi connectivity index (χ3n) is 4.00. The van der Waals surface area contributed by atoms with E-state index >= 15 is 0 Å². The smallest absolute Gasteiger partial charge is 0.252 e. The molecule has 1 atom stereocenters. The summed E-state index contributed by atoms with van der Waals surface area (Å²) in [6.07, 6.45) is -1.04. The van der Waals surface area contributed by atoms with Gasteiger partial charge in [-0.1, -0.05) is 0 Å². The number of nitrogens with zero attached hydrogens (tertiary/aromatic N) is 3. The highest BCUT2D eigenvalue weighted by atomic mass is 19.3. The number of nitrogens with one attached hydrogen (secondary N) is 1. The van der Waals surface area contributed by atoms with Crippen LogP contribution in [0.3, 0.4) is 0 Å². The van der Waals surface area contributed by atoms with Crippen molar-refractivity contribution in [1.82, 2.24) is 15.5 Å². The summed E-state index contributed by atoms with van der Waals surface area (Å²) in [5.41, 5.74) is -0.837. The maximum Gasteiger partial charge on any atom is 0.252 e. The lowest BCUT2D eigenvalue weighted by Gasteiger charge is -2.35. The Bertz CT molecular complexity index is 519. The Morgan fingerprint density at radius 3 is 2.73 bits per heavy atom. The van der Waals surface area contributed by atoms with Crippen LogP contribution in [0.4, 0.5) is 14.6 Å². The average Bonchev–Trinajstić information content (AvgIpc) is 2.48. The van der Waals surface area contributed by atoms with E-state index in [9.17, 15) is 13.6 Å². The van der Waals surface area contributed by atoms with Gasteiger partial charge in [0.1, 0.15) is 5.41 Å². The van der Waals surface area contributed by atoms with E-state index in [1.165, 1.54) is 13.8 Å². The number of rotatable bonds is 4. The summed E-state index contributed by atoms with van der Waals surface area (Å²) in [5.74, 6) is 0.141. The van der Waals surface area contributed by atoms with Crippen LogP contribution in [0.15, 0.2) is 12.1 Å². The molecule has 1 amide bonds. The summed E-state index contributed by atoms with van der Waals surface area (Å²) in [4.78, 5) is 14.0. The molecular weight excluding hydrogens is 290 g/mol. The van der Waals surface area contributed by atoms with Gasteiger partial charge in [0.2, 0.25) is 5.91 Å². The molecular formula is C15H22F2N4O. The van der Waals surface area contributed by atoms with Gasteiger partial charge in [-0.15, -0.1) is 5.10 Å². The van der Waals surface area contributed by atoms with Crippen LogP contribution in [0, 0.1) is 12.3 Å². The van der Waals surface area contributed by atoms with E-state index < -0.39 is 17.7 Å². The summed E-state index contributed by atoms with van der Waals surface area (Å²) < 4.78 is 25.8. The Morgan fingerprint density at radius 2 is 2.14 bits per heavy atom. The van der Waals surface area contributed by atoms with Crippen molar-refractivity contribution in [2.75, 3.05) is 18.0 Å². The predicted octanol–water partition coefficient (Wildman–Crippen LogP) is 2.16. The minimum Gasteiger partial charge on any atom is -0.353 e. The minimum absolute atomic E-state index is 0.151. The number of halogens is 2. The van der Waals surface area contributed by atoms with Gasteiger partial charge < -0.3 is 10.2 Å². The van der Waals surface area contributed by atoms with Crippen molar-refractivity contribution in [2.24, 2.45) is 5.41 Å². The molecule has 1 aliphatic heterocycles. The second kappa shape index (κ2) is 6.54. The molecule has 1 N–H and O–H groups in total. The highest BCUT2D eigenvalue weighted by Gasteiger charge is 2.39. The normalized spacial score (nSPS) is 19.4. The van der Waals surface area contributed by atoms with Crippen LogP contribution in [-0.2, 0) is 4.79 Å². The largest absolute Gasteiger partial charge is 0.353 e. The molecule has 0 radical (unpaired) electrons. The maximum absolute atomic E-state index is 12.9. The standard InChI is InChI=1S/C15H22F2N4O/c1-10-6-7-12(20-19-10)21-8-4-5-11(9-21)18-14(22)15(2,3)13(16)17/h6-7,11,13H,4-5,8-9H2,1-3H3,(H,18,22)/t11-/m1/s1. The Labute approximate surface area is 129 Å². The molecule has 22 heavy (non-hydrogen) atoms. The molecule has 2 heterocycles. The second-order valence-electron chi connectivity index (χ2n) is 6.31. The first kappa shape index (κ1) is 16.6. The van der Waals surface area contributed by atoms with Crippen molar-refractivity contribution in [3.63, 3.8) is 0 Å². The predicted molar refractivity (Wildman–Crippen MR) is 79.9 cm³/mol. The van der Waals surface area contributed by atoms with E-state index in [4.69, 9.17) is 0 Å². The van der Waals surface area contributed by atoms with E-state index in [1.54, 1.807) is 0 Å². The summed E-state index contributed by atoms with van der Waals surface area (Å²) in [6.45, 7) is 5.77. The summed E-state index contributed by atoms with van der Waals surface area (Å²) in [6, 6.07) is 3.61. The van der Waals surface area contributed by atoms with Crippen LogP contribution in [0.2, 0.25) is 0 Å². The van der Waals surface area contributed by atoms with Crippen LogP contribution in [0.5, 0.6) is 0 Å². The molecule has 1 fully saturated rings. The first-order valence-corrected chi connectivity index (χ1v) is 7.45. The lowest BCUT2D eigenvalue weighted by molar-refractivity contribution is -0.138. The quantitative estimate of drug-likeness (QED) is 0.925. The monoisotopic (exact) mass is 312 g/mol. The number of carbonyl (C=O) groups is 1. The van der Waals surface area contributed by atoms with Crippen LogP contribution < -0.4 is 10.2 Å². The van der Waals surface area contributed by atoms with E-state index in [1.807, 2.05) is 24.0 Å². The molecule has 1 saturated heterocycles. The van der Waals surface area contributed by atoms with Crippen LogP contribution in [-0.4, -0.2) is 41.7 Å². The lowest BCUT2D eigenvalue weighted by Crippen LogP contribution is -2.52. The molecule has 122 valence electrons. The Balaban J connectivity index is 1.99. The molecule has 0 aromatic carbocycles. The van der Waals surface area contributed by atoms with E-state index in [-0.39, 0.29) is 6.04 Å². The zero-order valence-corrected chi connectivity index (χ0v) is 13.1. The molecule has 1 aliphatic rings. The molecule has 0 aliphatic carbocycles. The number of aromatic nitrogens is 2. The van der Waals surface area contributed by atoms with Crippen molar-refractivity contribution in [3.8, 4) is 0 Å². The first-order valence-electron chi connectivity index (χ1n) is 7.45. The number of amides is 1. The Morgan fingerprint density at radius 1 is 1.41 bits per heavy atom. The second-order valence-corrected chi connectivity index (χ2v) is 6.31. The van der Waals surface area contributed by atoms with Crippen LogP contribution in [0.1, 0.15) is 32.4 Å². The van der Waals surface area contributed by atoms with Crippen molar-refractivity contribution in [3.05, 3.63) is 17.8 Å². The number of aryl methyl sites for hydroxylation is 1. The topological polar surface area (TPSA) is 58.1 Å². The third kappa shape index (κ3) is 3.69. The van der Waals surface area contributed by atoms with Gasteiger partial charge in [-0.25, -0.2) is 8.78 Å². The highest BCUT2D eigenvalue weighted by Crippen LogP contribution is 2.26. The van der Waals surface area contributed by atoms with Gasteiger partial charge in [0, 0.05) is 19.1 Å². The van der Waals surface area contributed by atoms with Crippen LogP contribution in [0.25, 0.3) is 0 Å². The van der Waals surface area contributed by atoms with Gasteiger partial charge in [-0.05, 0) is 45.7 Å². The fourth-order valence-electron chi connectivity index (χ4n) is 2.33. The van der Waals surface area contributed by atoms with Crippen molar-refractivity contribution in [1.29, 1.82) is 0 Å². The van der Waals surface area contributed by atoms with Gasteiger partial charge in [0.25, 0.3) is 6.43 Å². The molecule has 1 aromatic rings. The summed E-state index contributed by atoms with van der Waals surface area (Å²) in [7, 11) is 0. The molecule has 2 rings (SSSR count). The van der Waals surface area contributed by atoms with Gasteiger partial charge in [-0.3, -0.25) is 4.79 Å². The zero-order chi connectivity index (χ0) is 16.3. The molecule has 0 spiro atoms. The fraction of sp³-hybridized carbons (Fsp3) is 0.667. The summed E-state index contributed by atoms with van der Waals surface area (Å²) >= 11 is 0. The molecule has 5 nitrogen and oxygen atoms in total. The zero-order valence-electron chi connectivity index (χ0n) is 13.1. The SMILES string of the molecule is Cc1ccc(N2CCC[C@@H](NC(=O)C(C)(C)C(F)F)C2)nn1. The number of carbonyl (C=O) groups excluding carboxylic acids is 1. The van der Waals surface area contributed by atoms with Gasteiger partial charge in [0.15, 0.2) is 5.82 Å². The van der Waals surface area contributed by atoms with E-state index in [0.29, 0.717) is 6.54 Å². The van der Waals surface area contributed by atoms with Crippen molar-refractivity contribution in [2.45, 2.75) is 46.1 Å². The van der Waals surface area contributed by atoms with E-state index in [0.717, 1.165) is 30.9 Å². The molecule has 0 bridgehead atoms. The van der Waals surface area contributed by atoms with Crippen molar-refractivity contribution >= 4 is 11.7 Å². The fourth-order valence-corrected chi connectivity index (χ4v) is 2.33. The Hall–Kier alpha value is -1.79. The molecule has 0 unspecified atom stereocenters. The van der Waals surface area contributed by atoms with Crippen LogP contribution >= 0.6 is 0 Å². The van der Waals surface area contributed by atoms with E-state index in [2.05, 4.69) is 15.5 Å². The highest BCUT2D eigenvalue weighted by molar-refractivity contribution is 5.82. The van der Waals surface area contributed by atoms with Gasteiger partial charge in [0.05, 0.1) is 5.69 Å². The van der Waals surface area contributed by atoms with Gasteiger partial charge in [-0.2, -0.15) is 5.10 Å². The average molecular weight is 312 g/mol. The first-order chi connectivity index (χ1) is 10.3. The number of piperidine rings is 1. The molecule has 1 aromatic heterocycles. The Kier molecular flexibility index (Phi) is 4.93. The minimum atomic E-state index is -2.69. The number of alkyl halides is 2. The third-order valence-corrected chi connectivity index (χ3v) is 4.00. The van der Waals surface area contributed by atoms with Crippen molar-refractivity contribution < 1.29 is 13.6 Å².